The molecule has 0 radical (unpaired) electrons. The van der Waals surface area contributed by atoms with Gasteiger partial charge in [0.25, 0.3) is 0 Å². The maximum atomic E-state index is 6.13. The molecule has 0 aromatic heterocycles. The molecular formula is C13H19NO. The Morgan fingerprint density at radius 1 is 1.47 bits per heavy atom. The second-order valence-corrected chi connectivity index (χ2v) is 4.52. The van der Waals surface area contributed by atoms with Crippen molar-refractivity contribution >= 4 is 0 Å². The lowest BCUT2D eigenvalue weighted by molar-refractivity contribution is 0.406. The topological polar surface area (TPSA) is 35.2 Å². The van der Waals surface area contributed by atoms with Crippen molar-refractivity contribution in [1.29, 1.82) is 0 Å². The Balaban J connectivity index is 2.13. The SMILES string of the molecule is COc1ccc(C)cc1CC(N)C1CC1. The van der Waals surface area contributed by atoms with Crippen LogP contribution in [-0.2, 0) is 6.42 Å². The number of aryl methyl sites for hydroxylation is 1. The zero-order valence-corrected chi connectivity index (χ0v) is 9.49. The Hall–Kier alpha value is -1.02. The molecule has 1 aromatic rings. The average Bonchev–Trinajstić information content (AvgIpc) is 3.01. The van der Waals surface area contributed by atoms with Crippen LogP contribution in [0.1, 0.15) is 24.0 Å². The maximum Gasteiger partial charge on any atom is 0.122 e. The fourth-order valence-electron chi connectivity index (χ4n) is 2.01. The van der Waals surface area contributed by atoms with E-state index in [0.717, 1.165) is 18.1 Å². The van der Waals surface area contributed by atoms with Gasteiger partial charge in [-0.05, 0) is 43.7 Å². The van der Waals surface area contributed by atoms with Gasteiger partial charge in [0.05, 0.1) is 7.11 Å². The van der Waals surface area contributed by atoms with Gasteiger partial charge in [-0.3, -0.25) is 0 Å². The molecular weight excluding hydrogens is 186 g/mol. The van der Waals surface area contributed by atoms with Crippen molar-refractivity contribution in [2.24, 2.45) is 11.7 Å². The van der Waals surface area contributed by atoms with Crippen LogP contribution in [-0.4, -0.2) is 13.2 Å². The summed E-state index contributed by atoms with van der Waals surface area (Å²) in [5.74, 6) is 1.71. The van der Waals surface area contributed by atoms with Crippen molar-refractivity contribution in [3.8, 4) is 5.75 Å². The highest BCUT2D eigenvalue weighted by molar-refractivity contribution is 5.37. The minimum Gasteiger partial charge on any atom is -0.496 e. The third-order valence-corrected chi connectivity index (χ3v) is 3.12. The zero-order chi connectivity index (χ0) is 10.8. The summed E-state index contributed by atoms with van der Waals surface area (Å²) < 4.78 is 5.35. The molecule has 0 amide bonds. The first-order valence-corrected chi connectivity index (χ1v) is 5.60. The molecule has 2 heteroatoms. The minimum absolute atomic E-state index is 0.306. The molecule has 1 atom stereocenters. The Morgan fingerprint density at radius 2 is 2.20 bits per heavy atom. The number of hydrogen-bond donors (Lipinski definition) is 1. The number of rotatable bonds is 4. The van der Waals surface area contributed by atoms with Crippen LogP contribution in [0.2, 0.25) is 0 Å². The van der Waals surface area contributed by atoms with E-state index in [2.05, 4.69) is 19.1 Å². The van der Waals surface area contributed by atoms with Crippen LogP contribution < -0.4 is 10.5 Å². The van der Waals surface area contributed by atoms with Crippen molar-refractivity contribution in [3.05, 3.63) is 29.3 Å². The predicted molar refractivity (Wildman–Crippen MR) is 62.1 cm³/mol. The van der Waals surface area contributed by atoms with E-state index in [1.165, 1.54) is 24.0 Å². The van der Waals surface area contributed by atoms with Crippen LogP contribution in [0.4, 0.5) is 0 Å². The van der Waals surface area contributed by atoms with E-state index >= 15 is 0 Å². The van der Waals surface area contributed by atoms with Crippen LogP contribution >= 0.6 is 0 Å². The molecule has 2 nitrogen and oxygen atoms in total. The molecule has 0 aliphatic heterocycles. The molecule has 2 N–H and O–H groups in total. The van der Waals surface area contributed by atoms with E-state index in [1.54, 1.807) is 7.11 Å². The molecule has 1 aliphatic carbocycles. The number of ether oxygens (including phenoxy) is 1. The van der Waals surface area contributed by atoms with E-state index in [0.29, 0.717) is 6.04 Å². The largest absolute Gasteiger partial charge is 0.496 e. The highest BCUT2D eigenvalue weighted by Crippen LogP contribution is 2.34. The molecule has 1 unspecified atom stereocenters. The van der Waals surface area contributed by atoms with Crippen molar-refractivity contribution in [1.82, 2.24) is 0 Å². The number of benzene rings is 1. The van der Waals surface area contributed by atoms with Gasteiger partial charge in [-0.15, -0.1) is 0 Å². The van der Waals surface area contributed by atoms with E-state index < -0.39 is 0 Å². The minimum atomic E-state index is 0.306. The molecule has 1 saturated carbocycles. The summed E-state index contributed by atoms with van der Waals surface area (Å²) in [4.78, 5) is 0. The standard InChI is InChI=1S/C13H19NO/c1-9-3-6-13(15-2)11(7-9)8-12(14)10-4-5-10/h3,6-7,10,12H,4-5,8,14H2,1-2H3. The fraction of sp³-hybridized carbons (Fsp3) is 0.538. The first-order chi connectivity index (χ1) is 7.20. The van der Waals surface area contributed by atoms with E-state index in [9.17, 15) is 0 Å². The van der Waals surface area contributed by atoms with Gasteiger partial charge in [-0.1, -0.05) is 17.7 Å². The predicted octanol–water partition coefficient (Wildman–Crippen LogP) is 2.28. The second-order valence-electron chi connectivity index (χ2n) is 4.52. The zero-order valence-electron chi connectivity index (χ0n) is 9.49. The van der Waals surface area contributed by atoms with Gasteiger partial charge in [-0.25, -0.2) is 0 Å². The van der Waals surface area contributed by atoms with Gasteiger partial charge in [0.15, 0.2) is 0 Å². The average molecular weight is 205 g/mol. The van der Waals surface area contributed by atoms with Crippen molar-refractivity contribution in [2.45, 2.75) is 32.2 Å². The molecule has 1 aliphatic rings. The van der Waals surface area contributed by atoms with Crippen LogP contribution in [0.5, 0.6) is 5.75 Å². The monoisotopic (exact) mass is 205 g/mol. The quantitative estimate of drug-likeness (QED) is 0.818. The summed E-state index contributed by atoms with van der Waals surface area (Å²) in [6.45, 7) is 2.10. The number of nitrogens with two attached hydrogens (primary N) is 1. The molecule has 0 spiro atoms. The number of hydrogen-bond acceptors (Lipinski definition) is 2. The summed E-state index contributed by atoms with van der Waals surface area (Å²) in [6.07, 6.45) is 3.54. The van der Waals surface area contributed by atoms with E-state index in [-0.39, 0.29) is 0 Å². The summed E-state index contributed by atoms with van der Waals surface area (Å²) in [5.41, 5.74) is 8.65. The summed E-state index contributed by atoms with van der Waals surface area (Å²) in [7, 11) is 1.72. The van der Waals surface area contributed by atoms with Crippen molar-refractivity contribution in [3.63, 3.8) is 0 Å². The summed E-state index contributed by atoms with van der Waals surface area (Å²) >= 11 is 0. The highest BCUT2D eigenvalue weighted by atomic mass is 16.5. The second kappa shape index (κ2) is 4.23. The third-order valence-electron chi connectivity index (χ3n) is 3.12. The normalized spacial score (nSPS) is 17.5. The molecule has 1 aromatic carbocycles. The molecule has 1 fully saturated rings. The van der Waals surface area contributed by atoms with E-state index in [1.807, 2.05) is 6.07 Å². The maximum absolute atomic E-state index is 6.13. The van der Waals surface area contributed by atoms with Crippen LogP contribution in [0.25, 0.3) is 0 Å². The van der Waals surface area contributed by atoms with Crippen molar-refractivity contribution in [2.75, 3.05) is 7.11 Å². The third kappa shape index (κ3) is 2.51. The highest BCUT2D eigenvalue weighted by Gasteiger charge is 2.28. The van der Waals surface area contributed by atoms with Gasteiger partial charge in [0.2, 0.25) is 0 Å². The lowest BCUT2D eigenvalue weighted by atomic mass is 10.0. The van der Waals surface area contributed by atoms with Gasteiger partial charge in [0, 0.05) is 6.04 Å². The molecule has 0 saturated heterocycles. The molecule has 0 heterocycles. The van der Waals surface area contributed by atoms with Gasteiger partial charge < -0.3 is 10.5 Å². The first kappa shape index (κ1) is 10.5. The molecule has 82 valence electrons. The number of methoxy groups -OCH3 is 1. The lowest BCUT2D eigenvalue weighted by Crippen LogP contribution is -2.25. The Labute approximate surface area is 91.4 Å². The Bertz CT molecular complexity index is 344. The smallest absolute Gasteiger partial charge is 0.122 e. The van der Waals surface area contributed by atoms with Crippen LogP contribution in [0, 0.1) is 12.8 Å². The van der Waals surface area contributed by atoms with Crippen LogP contribution in [0.3, 0.4) is 0 Å². The Morgan fingerprint density at radius 3 is 2.80 bits per heavy atom. The van der Waals surface area contributed by atoms with Gasteiger partial charge in [0.1, 0.15) is 5.75 Å². The Kier molecular flexibility index (Phi) is 2.96. The van der Waals surface area contributed by atoms with Gasteiger partial charge >= 0.3 is 0 Å². The van der Waals surface area contributed by atoms with E-state index in [4.69, 9.17) is 10.5 Å². The summed E-state index contributed by atoms with van der Waals surface area (Å²) in [5, 5.41) is 0. The van der Waals surface area contributed by atoms with Crippen LogP contribution in [0.15, 0.2) is 18.2 Å². The molecule has 2 rings (SSSR count). The molecule has 0 bridgehead atoms. The first-order valence-electron chi connectivity index (χ1n) is 5.60. The van der Waals surface area contributed by atoms with Crippen molar-refractivity contribution < 1.29 is 4.74 Å². The fourth-order valence-corrected chi connectivity index (χ4v) is 2.01. The molecule has 15 heavy (non-hydrogen) atoms. The summed E-state index contributed by atoms with van der Waals surface area (Å²) in [6, 6.07) is 6.59. The lowest BCUT2D eigenvalue weighted by Gasteiger charge is -2.14. The van der Waals surface area contributed by atoms with Gasteiger partial charge in [-0.2, -0.15) is 0 Å².